The summed E-state index contributed by atoms with van der Waals surface area (Å²) < 4.78 is 18.5. The Bertz CT molecular complexity index is 631. The Morgan fingerprint density at radius 2 is 1.86 bits per heavy atom. The fourth-order valence-electron chi connectivity index (χ4n) is 3.57. The van der Waals surface area contributed by atoms with Gasteiger partial charge in [0.05, 0.1) is 18.8 Å². The second-order valence-corrected chi connectivity index (χ2v) is 13.0. The first-order valence-electron chi connectivity index (χ1n) is 11.0. The maximum atomic E-state index is 6.21. The number of hydrogen-bond acceptors (Lipinski definition) is 3. The van der Waals surface area contributed by atoms with Crippen molar-refractivity contribution in [1.29, 1.82) is 0 Å². The Balaban J connectivity index is 2.74. The molecule has 0 spiro atoms. The molecule has 3 nitrogen and oxygen atoms in total. The van der Waals surface area contributed by atoms with Crippen LogP contribution in [0.5, 0.6) is 0 Å². The monoisotopic (exact) mass is 416 g/mol. The predicted octanol–water partition coefficient (Wildman–Crippen LogP) is 6.23. The number of allylic oxidation sites excluding steroid dienone is 1. The van der Waals surface area contributed by atoms with Gasteiger partial charge in [-0.05, 0) is 57.3 Å². The molecule has 0 saturated carbocycles. The highest BCUT2D eigenvalue weighted by atomic mass is 28.4. The van der Waals surface area contributed by atoms with Crippen LogP contribution in [0.3, 0.4) is 0 Å². The molecule has 1 heterocycles. The SMILES string of the molecule is C#CC#C/C(=C\CO[Si](C)(C)CC=C)C[C@H]1OC(C)(C)O[C@@H]1CCCCCCC. The van der Waals surface area contributed by atoms with Crippen LogP contribution in [-0.2, 0) is 13.9 Å². The van der Waals surface area contributed by atoms with Gasteiger partial charge in [-0.1, -0.05) is 51.0 Å². The summed E-state index contributed by atoms with van der Waals surface area (Å²) in [5.74, 6) is 7.71. The maximum Gasteiger partial charge on any atom is 0.190 e. The molecule has 0 aliphatic carbocycles. The molecule has 0 unspecified atom stereocenters. The van der Waals surface area contributed by atoms with Crippen LogP contribution in [0.2, 0.25) is 19.1 Å². The average molecular weight is 417 g/mol. The Morgan fingerprint density at radius 1 is 1.17 bits per heavy atom. The Hall–Kier alpha value is -1.30. The fourth-order valence-corrected chi connectivity index (χ4v) is 4.92. The van der Waals surface area contributed by atoms with E-state index in [9.17, 15) is 0 Å². The molecule has 0 aromatic rings. The van der Waals surface area contributed by atoms with Crippen LogP contribution in [0, 0.1) is 24.2 Å². The van der Waals surface area contributed by atoms with Crippen molar-refractivity contribution in [2.75, 3.05) is 6.61 Å². The van der Waals surface area contributed by atoms with Crippen molar-refractivity contribution in [3.63, 3.8) is 0 Å². The van der Waals surface area contributed by atoms with Crippen molar-refractivity contribution < 1.29 is 13.9 Å². The third-order valence-corrected chi connectivity index (χ3v) is 7.25. The van der Waals surface area contributed by atoms with Crippen molar-refractivity contribution in [3.05, 3.63) is 24.3 Å². The van der Waals surface area contributed by atoms with Gasteiger partial charge in [0.25, 0.3) is 0 Å². The molecular formula is C25H40O3Si. The van der Waals surface area contributed by atoms with Crippen LogP contribution in [0.15, 0.2) is 24.3 Å². The third kappa shape index (κ3) is 10.9. The van der Waals surface area contributed by atoms with Crippen molar-refractivity contribution in [3.8, 4) is 24.2 Å². The smallest absolute Gasteiger partial charge is 0.190 e. The molecule has 1 rings (SSSR count). The molecule has 1 aliphatic rings. The summed E-state index contributed by atoms with van der Waals surface area (Å²) >= 11 is 0. The van der Waals surface area contributed by atoms with E-state index >= 15 is 0 Å². The predicted molar refractivity (Wildman–Crippen MR) is 125 cm³/mol. The third-order valence-electron chi connectivity index (χ3n) is 5.03. The molecule has 1 saturated heterocycles. The molecule has 29 heavy (non-hydrogen) atoms. The highest BCUT2D eigenvalue weighted by Crippen LogP contribution is 2.34. The van der Waals surface area contributed by atoms with E-state index in [0.717, 1.165) is 18.0 Å². The van der Waals surface area contributed by atoms with Crippen molar-refractivity contribution >= 4 is 8.32 Å². The largest absolute Gasteiger partial charge is 0.413 e. The summed E-state index contributed by atoms with van der Waals surface area (Å²) in [4.78, 5) is 0. The van der Waals surface area contributed by atoms with Crippen molar-refractivity contribution in [2.45, 2.75) is 103 Å². The number of unbranched alkanes of at least 4 members (excludes halogenated alkanes) is 4. The molecule has 1 fully saturated rings. The highest BCUT2D eigenvalue weighted by Gasteiger charge is 2.40. The maximum absolute atomic E-state index is 6.21. The van der Waals surface area contributed by atoms with E-state index in [1.54, 1.807) is 0 Å². The summed E-state index contributed by atoms with van der Waals surface area (Å²) in [5.41, 5.74) is 0.966. The summed E-state index contributed by atoms with van der Waals surface area (Å²) in [5, 5.41) is 0. The lowest BCUT2D eigenvalue weighted by atomic mass is 9.99. The molecule has 2 atom stereocenters. The lowest BCUT2D eigenvalue weighted by Crippen LogP contribution is -2.29. The van der Waals surface area contributed by atoms with Crippen LogP contribution >= 0.6 is 0 Å². The summed E-state index contributed by atoms with van der Waals surface area (Å²) in [6.45, 7) is 15.0. The standard InChI is InChI=1S/C25H40O3Si/c1-8-11-13-14-15-17-23-24(28-25(4,5)27-23)21-22(16-12-9-2)18-19-26-29(6,7)20-10-3/h2,10,18,23-24H,3,8,11,13-15,17,19-21H2,1,4-7H3/b22-18+/t23-,24-/m1/s1. The zero-order chi connectivity index (χ0) is 21.8. The molecule has 162 valence electrons. The van der Waals surface area contributed by atoms with Gasteiger partial charge in [-0.2, -0.15) is 0 Å². The quantitative estimate of drug-likeness (QED) is 0.154. The van der Waals surface area contributed by atoms with E-state index in [1.807, 2.05) is 19.9 Å². The van der Waals surface area contributed by atoms with Gasteiger partial charge in [0.15, 0.2) is 14.1 Å². The number of hydrogen-bond donors (Lipinski definition) is 0. The van der Waals surface area contributed by atoms with Gasteiger partial charge in [0, 0.05) is 12.0 Å². The van der Waals surface area contributed by atoms with Crippen LogP contribution in [0.1, 0.15) is 65.7 Å². The molecule has 1 aliphatic heterocycles. The van der Waals surface area contributed by atoms with E-state index in [2.05, 4.69) is 50.4 Å². The minimum absolute atomic E-state index is 0.00655. The second kappa shape index (κ2) is 13.1. The van der Waals surface area contributed by atoms with Gasteiger partial charge >= 0.3 is 0 Å². The second-order valence-electron chi connectivity index (χ2n) is 8.81. The Labute approximate surface area is 180 Å². The van der Waals surface area contributed by atoms with E-state index in [0.29, 0.717) is 13.0 Å². The van der Waals surface area contributed by atoms with E-state index in [-0.39, 0.29) is 12.2 Å². The van der Waals surface area contributed by atoms with Crippen LogP contribution in [0.25, 0.3) is 0 Å². The summed E-state index contributed by atoms with van der Waals surface area (Å²) in [6, 6.07) is 0.931. The van der Waals surface area contributed by atoms with E-state index in [1.165, 1.54) is 32.1 Å². The molecule has 0 bridgehead atoms. The van der Waals surface area contributed by atoms with Gasteiger partial charge < -0.3 is 13.9 Å². The molecule has 0 aromatic carbocycles. The van der Waals surface area contributed by atoms with E-state index < -0.39 is 14.1 Å². The van der Waals surface area contributed by atoms with Crippen molar-refractivity contribution in [2.24, 2.45) is 0 Å². The Morgan fingerprint density at radius 3 is 2.52 bits per heavy atom. The van der Waals surface area contributed by atoms with Gasteiger partial charge in [-0.15, -0.1) is 13.0 Å². The number of rotatable bonds is 13. The highest BCUT2D eigenvalue weighted by molar-refractivity contribution is 6.71. The van der Waals surface area contributed by atoms with Gasteiger partial charge in [-0.25, -0.2) is 0 Å². The lowest BCUT2D eigenvalue weighted by Gasteiger charge is -2.20. The number of terminal acetylenes is 1. The summed E-state index contributed by atoms with van der Waals surface area (Å²) in [6.07, 6.45) is 17.4. The van der Waals surface area contributed by atoms with Gasteiger partial charge in [-0.3, -0.25) is 0 Å². The van der Waals surface area contributed by atoms with Gasteiger partial charge in [0.1, 0.15) is 0 Å². The first kappa shape index (κ1) is 25.7. The first-order valence-corrected chi connectivity index (χ1v) is 14.1. The Kier molecular flexibility index (Phi) is 11.6. The fraction of sp³-hybridized carbons (Fsp3) is 0.680. The van der Waals surface area contributed by atoms with Crippen molar-refractivity contribution in [1.82, 2.24) is 0 Å². The number of ether oxygens (including phenoxy) is 2. The topological polar surface area (TPSA) is 27.7 Å². The molecule has 0 radical (unpaired) electrons. The molecule has 4 heteroatoms. The summed E-state index contributed by atoms with van der Waals surface area (Å²) in [7, 11) is -1.72. The zero-order valence-corrected chi connectivity index (χ0v) is 20.2. The normalized spacial score (nSPS) is 21.3. The zero-order valence-electron chi connectivity index (χ0n) is 19.2. The van der Waals surface area contributed by atoms with Crippen LogP contribution < -0.4 is 0 Å². The average Bonchev–Trinajstić information content (AvgIpc) is 2.92. The van der Waals surface area contributed by atoms with Gasteiger partial charge in [0.2, 0.25) is 0 Å². The van der Waals surface area contributed by atoms with Crippen LogP contribution in [-0.4, -0.2) is 32.9 Å². The minimum atomic E-state index is -1.72. The molecular weight excluding hydrogens is 376 g/mol. The van der Waals surface area contributed by atoms with E-state index in [4.69, 9.17) is 20.3 Å². The molecule has 0 N–H and O–H groups in total. The molecule has 0 aromatic heterocycles. The molecule has 0 amide bonds. The first-order chi connectivity index (χ1) is 13.7. The minimum Gasteiger partial charge on any atom is -0.413 e. The van der Waals surface area contributed by atoms with Crippen LogP contribution in [0.4, 0.5) is 0 Å². The lowest BCUT2D eigenvalue weighted by molar-refractivity contribution is -0.146.